The van der Waals surface area contributed by atoms with Crippen LogP contribution in [0.15, 0.2) is 0 Å². The summed E-state index contributed by atoms with van der Waals surface area (Å²) in [5.74, 6) is -1.38. The average molecular weight is 695 g/mol. The van der Waals surface area contributed by atoms with Crippen LogP contribution in [-0.2, 0) is 0 Å². The molecule has 4 nitrogen and oxygen atoms in total. The zero-order valence-electron chi connectivity index (χ0n) is 11.3. The third-order valence-electron chi connectivity index (χ3n) is 2.13. The van der Waals surface area contributed by atoms with Gasteiger partial charge in [0.25, 0.3) is 0 Å². The molecular weight excluding hydrogens is 695 g/mol. The Morgan fingerprint density at radius 1 is 0.654 bits per heavy atom. The van der Waals surface area contributed by atoms with Crippen molar-refractivity contribution in [2.24, 2.45) is 0 Å². The van der Waals surface area contributed by atoms with Crippen LogP contribution in [0, 0.1) is 0 Å². The van der Waals surface area contributed by atoms with Crippen LogP contribution in [0.25, 0.3) is 0 Å². The van der Waals surface area contributed by atoms with E-state index in [1.807, 2.05) is 0 Å². The van der Waals surface area contributed by atoms with Gasteiger partial charge in [0, 0.05) is 0 Å². The summed E-state index contributed by atoms with van der Waals surface area (Å²) in [6.07, 6.45) is -11.6. The van der Waals surface area contributed by atoms with E-state index in [2.05, 4.69) is 0 Å². The second-order valence-corrected chi connectivity index (χ2v) is 28.6. The SMILES string of the molecule is O=[C]([Ge])c1c(Cl)c(O[Si](Cl)(Cl)Cl)c(O[Si](Cl)(Cl)Cl)c(O[Si](Cl)(Cl)Cl)c1Cl. The molecule has 0 atom stereocenters. The Morgan fingerprint density at radius 2 is 0.923 bits per heavy atom. The first kappa shape index (κ1) is 26.7. The number of halogens is 11. The van der Waals surface area contributed by atoms with Crippen LogP contribution in [0.3, 0.4) is 0 Å². The molecule has 0 unspecified atom stereocenters. The van der Waals surface area contributed by atoms with Crippen LogP contribution in [-0.4, -0.2) is 39.9 Å². The first-order valence-corrected chi connectivity index (χ1v) is 22.1. The van der Waals surface area contributed by atoms with Crippen LogP contribution >= 0.6 is 123 Å². The van der Waals surface area contributed by atoms with E-state index in [0.29, 0.717) is 0 Å². The minimum absolute atomic E-state index is 0.261. The second-order valence-electron chi connectivity index (χ2n) is 3.96. The molecule has 0 aromatic heterocycles. The van der Waals surface area contributed by atoms with Crippen LogP contribution in [0.4, 0.5) is 0 Å². The van der Waals surface area contributed by atoms with Gasteiger partial charge >= 0.3 is 214 Å². The van der Waals surface area contributed by atoms with Crippen molar-refractivity contribution >= 4 is 163 Å². The summed E-state index contributed by atoms with van der Waals surface area (Å²) in [6.45, 7) is 0. The van der Waals surface area contributed by atoms with Gasteiger partial charge in [-0.25, -0.2) is 0 Å². The van der Waals surface area contributed by atoms with E-state index < -0.39 is 40.6 Å². The topological polar surface area (TPSA) is 44.8 Å². The van der Waals surface area contributed by atoms with Crippen molar-refractivity contribution in [1.82, 2.24) is 0 Å². The van der Waals surface area contributed by atoms with Crippen molar-refractivity contribution < 1.29 is 18.1 Å². The molecule has 19 heteroatoms. The van der Waals surface area contributed by atoms with E-state index in [1.54, 1.807) is 0 Å². The molecular formula is C7Cl11GeO4Si3. The molecule has 0 heterocycles. The van der Waals surface area contributed by atoms with Gasteiger partial charge in [-0.1, -0.05) is 0 Å². The Hall–Kier alpha value is 2.67. The van der Waals surface area contributed by atoms with Crippen molar-refractivity contribution in [3.05, 3.63) is 15.6 Å². The van der Waals surface area contributed by atoms with Gasteiger partial charge in [-0.3, -0.25) is 0 Å². The third kappa shape index (κ3) is 8.43. The molecule has 3 radical (unpaired) electrons. The Labute approximate surface area is 211 Å². The molecule has 0 aliphatic carbocycles. The maximum absolute atomic E-state index is 12.0. The van der Waals surface area contributed by atoms with Crippen LogP contribution in [0.2, 0.25) is 10.0 Å². The summed E-state index contributed by atoms with van der Waals surface area (Å²) in [7, 11) is 0. The number of carbonyl (C=O) groups is 1. The molecule has 0 fully saturated rings. The number of hydrogen-bond acceptors (Lipinski definition) is 4. The minimum atomic E-state index is -3.88. The zero-order valence-corrected chi connectivity index (χ0v) is 24.7. The zero-order chi connectivity index (χ0) is 20.7. The van der Waals surface area contributed by atoms with Gasteiger partial charge in [-0.2, -0.15) is 0 Å². The van der Waals surface area contributed by atoms with Crippen LogP contribution < -0.4 is 13.3 Å². The summed E-state index contributed by atoms with van der Waals surface area (Å²) in [5, 5.41) is -0.726. The fourth-order valence-corrected chi connectivity index (χ4v) is 6.44. The van der Waals surface area contributed by atoms with Crippen molar-refractivity contribution in [3.63, 3.8) is 0 Å². The fourth-order valence-electron chi connectivity index (χ4n) is 1.45. The molecule has 0 saturated heterocycles. The molecule has 0 spiro atoms. The first-order chi connectivity index (χ1) is 11.4. The van der Waals surface area contributed by atoms with Gasteiger partial charge in [0.15, 0.2) is 0 Å². The fraction of sp³-hybridized carbons (Fsp3) is 0. The van der Waals surface area contributed by atoms with Gasteiger partial charge in [0.1, 0.15) is 0 Å². The number of benzene rings is 1. The molecule has 1 rings (SSSR count). The summed E-state index contributed by atoms with van der Waals surface area (Å²) in [6, 6.07) is 0. The van der Waals surface area contributed by atoms with Crippen LogP contribution in [0.5, 0.6) is 17.2 Å². The molecule has 0 aliphatic rings. The van der Waals surface area contributed by atoms with E-state index in [4.69, 9.17) is 136 Å². The Bertz CT molecular complexity index is 673. The Kier molecular flexibility index (Phi) is 10.1. The quantitative estimate of drug-likeness (QED) is 0.230. The molecule has 0 N–H and O–H groups in total. The van der Waals surface area contributed by atoms with Gasteiger partial charge in [0.05, 0.1) is 0 Å². The predicted octanol–water partition coefficient (Wildman–Crippen LogP) is 6.89. The summed E-state index contributed by atoms with van der Waals surface area (Å²) < 4.78 is 15.1. The third-order valence-corrected chi connectivity index (χ3v) is 6.77. The molecule has 0 amide bonds. The molecule has 1 aromatic carbocycles. The number of carbonyl (C=O) groups excluding carboxylic acids is 1. The van der Waals surface area contributed by atoms with E-state index in [0.717, 1.165) is 16.5 Å². The number of hydrogen-bond donors (Lipinski definition) is 0. The van der Waals surface area contributed by atoms with Crippen molar-refractivity contribution in [3.8, 4) is 17.2 Å². The molecule has 0 saturated carbocycles. The summed E-state index contributed by atoms with van der Waals surface area (Å²) in [4.78, 5) is 12.0. The van der Waals surface area contributed by atoms with Crippen molar-refractivity contribution in [2.75, 3.05) is 0 Å². The Morgan fingerprint density at radius 3 is 1.15 bits per heavy atom. The number of rotatable bonds is 7. The summed E-state index contributed by atoms with van der Waals surface area (Å²) in [5.41, 5.74) is -0.261. The van der Waals surface area contributed by atoms with E-state index in [-0.39, 0.29) is 15.6 Å². The van der Waals surface area contributed by atoms with Gasteiger partial charge < -0.3 is 0 Å². The van der Waals surface area contributed by atoms with Crippen LogP contribution in [0.1, 0.15) is 10.4 Å². The van der Waals surface area contributed by atoms with Gasteiger partial charge in [-0.05, 0) is 0 Å². The monoisotopic (exact) mass is 690 g/mol. The maximum atomic E-state index is 12.0. The molecule has 0 bridgehead atoms. The van der Waals surface area contributed by atoms with E-state index >= 15 is 0 Å². The van der Waals surface area contributed by atoms with E-state index in [9.17, 15) is 4.79 Å². The van der Waals surface area contributed by atoms with Crippen molar-refractivity contribution in [1.29, 1.82) is 0 Å². The van der Waals surface area contributed by atoms with Gasteiger partial charge in [-0.15, -0.1) is 0 Å². The summed E-state index contributed by atoms with van der Waals surface area (Å²) >= 11 is 65.4. The van der Waals surface area contributed by atoms with E-state index in [1.165, 1.54) is 0 Å². The average Bonchev–Trinajstić information content (AvgIpc) is 2.34. The standard InChI is InChI=1S/C7Cl11GeO4Si3/c8-2-1(7(19)20)3(9)5(22-25(13,14)15)6(23-26(16,17)18)4(2)21-24(10,11)12. The first-order valence-electron chi connectivity index (χ1n) is 5.51. The van der Waals surface area contributed by atoms with Gasteiger partial charge in [0.2, 0.25) is 0 Å². The predicted molar refractivity (Wildman–Crippen MR) is 118 cm³/mol. The molecule has 145 valence electrons. The molecule has 1 aromatic rings. The second kappa shape index (κ2) is 9.87. The molecule has 0 aliphatic heterocycles. The molecule has 26 heavy (non-hydrogen) atoms. The Balaban J connectivity index is 3.91. The normalized spacial score (nSPS) is 12.8. The van der Waals surface area contributed by atoms with Crippen molar-refractivity contribution in [2.45, 2.75) is 0 Å².